The zero-order valence-corrected chi connectivity index (χ0v) is 63.8. The lowest BCUT2D eigenvalue weighted by Gasteiger charge is -2.30. The third-order valence-corrected chi connectivity index (χ3v) is 19.2. The molecule has 0 rings (SSSR count). The molecule has 95 heavy (non-hydrogen) atoms. The quantitative estimate of drug-likeness (QED) is 0.0324. The summed E-state index contributed by atoms with van der Waals surface area (Å²) < 4.78 is 28.8. The van der Waals surface area contributed by atoms with Crippen LogP contribution in [-0.2, 0) is 47.7 Å². The van der Waals surface area contributed by atoms with Crippen LogP contribution in [0.15, 0.2) is 0 Å². The Kier molecular flexibility index (Phi) is 74.7. The predicted octanol–water partition coefficient (Wildman–Crippen LogP) is 22.3. The van der Waals surface area contributed by atoms with Gasteiger partial charge in [-0.1, -0.05) is 330 Å². The van der Waals surface area contributed by atoms with Crippen LogP contribution in [0.2, 0.25) is 0 Å². The van der Waals surface area contributed by atoms with Gasteiger partial charge in [0.05, 0.1) is 58.7 Å². The van der Waals surface area contributed by atoms with Crippen molar-refractivity contribution < 1.29 is 47.7 Å². The summed E-state index contributed by atoms with van der Waals surface area (Å²) in [6.45, 7) is 18.8. The number of hydrogen-bond acceptors (Lipinski definition) is 13. The Morgan fingerprint density at radius 3 is 0.537 bits per heavy atom. The average molecular weight is 1350 g/mol. The standard InChI is InChI=1S/C82H159N3O10/c1-6-11-16-21-26-31-36-41-46-54-73-91-78(86)59-52-51-53-64-83(65-60-79(87)92-74-55-47-42-37-32-27-22-17-12-7-2)69-71-85(68-63-82(90)95-77-58-50-45-40-35-30-25-20-15-10-5)72-70-84(66-61-80(88)93-75-56-48-43-38-33-28-23-18-13-8-3)67-62-81(89)94-76-57-49-44-39-34-29-24-19-14-9-4/h6-77H2,1-5H3. The predicted molar refractivity (Wildman–Crippen MR) is 400 cm³/mol. The molecule has 0 amide bonds. The summed E-state index contributed by atoms with van der Waals surface area (Å²) in [7, 11) is 0. The van der Waals surface area contributed by atoms with E-state index in [0.29, 0.717) is 98.2 Å². The van der Waals surface area contributed by atoms with Gasteiger partial charge in [0.2, 0.25) is 0 Å². The molecule has 0 fully saturated rings. The van der Waals surface area contributed by atoms with Crippen molar-refractivity contribution >= 4 is 29.8 Å². The first kappa shape index (κ1) is 92.2. The molecule has 0 N–H and O–H groups in total. The lowest BCUT2D eigenvalue weighted by Crippen LogP contribution is -2.42. The van der Waals surface area contributed by atoms with E-state index in [1.165, 1.54) is 257 Å². The van der Waals surface area contributed by atoms with Crippen LogP contribution in [0.5, 0.6) is 0 Å². The van der Waals surface area contributed by atoms with Crippen molar-refractivity contribution in [3.63, 3.8) is 0 Å². The van der Waals surface area contributed by atoms with Crippen molar-refractivity contribution in [2.75, 3.05) is 91.9 Å². The highest BCUT2D eigenvalue weighted by atomic mass is 16.5. The molecule has 0 saturated carbocycles. The zero-order chi connectivity index (χ0) is 69.1. The largest absolute Gasteiger partial charge is 0.466 e. The lowest BCUT2D eigenvalue weighted by atomic mass is 10.1. The molecule has 13 nitrogen and oxygen atoms in total. The summed E-state index contributed by atoms with van der Waals surface area (Å²) in [6.07, 6.45) is 65.3. The van der Waals surface area contributed by atoms with Crippen LogP contribution >= 0.6 is 0 Å². The molecular formula is C82H159N3O10. The van der Waals surface area contributed by atoms with Crippen LogP contribution < -0.4 is 0 Å². The number of carbonyl (C=O) groups is 5. The molecule has 0 aliphatic carbocycles. The van der Waals surface area contributed by atoms with E-state index in [2.05, 4.69) is 49.3 Å². The Morgan fingerprint density at radius 1 is 0.168 bits per heavy atom. The van der Waals surface area contributed by atoms with Crippen molar-refractivity contribution in [1.29, 1.82) is 0 Å². The molecule has 0 aromatic carbocycles. The molecule has 0 unspecified atom stereocenters. The van der Waals surface area contributed by atoms with Crippen molar-refractivity contribution in [3.05, 3.63) is 0 Å². The molecule has 0 saturated heterocycles. The molecule has 0 heterocycles. The SMILES string of the molecule is CCCCCCCCCCCCOC(=O)CCCCCN(CCC(=O)OCCCCCCCCCCCC)CCN(CCC(=O)OCCCCCCCCCCCC)CCN(CCC(=O)OCCCCCCCCCCCC)CCC(=O)OCCCCCCCCCCCC. The highest BCUT2D eigenvalue weighted by Crippen LogP contribution is 2.17. The van der Waals surface area contributed by atoms with Gasteiger partial charge in [-0.25, -0.2) is 0 Å². The first-order valence-electron chi connectivity index (χ1n) is 41.6. The fraction of sp³-hybridized carbons (Fsp3) is 0.939. The monoisotopic (exact) mass is 1350 g/mol. The maximum atomic E-state index is 13.4. The summed E-state index contributed by atoms with van der Waals surface area (Å²) in [5.41, 5.74) is 0. The summed E-state index contributed by atoms with van der Waals surface area (Å²) in [4.78, 5) is 72.8. The summed E-state index contributed by atoms with van der Waals surface area (Å²) >= 11 is 0. The third kappa shape index (κ3) is 72.3. The summed E-state index contributed by atoms with van der Waals surface area (Å²) in [5, 5.41) is 0. The second-order valence-corrected chi connectivity index (χ2v) is 28.3. The molecule has 0 bridgehead atoms. The van der Waals surface area contributed by atoms with Gasteiger partial charge in [0.1, 0.15) is 0 Å². The molecule has 0 aromatic heterocycles. The minimum Gasteiger partial charge on any atom is -0.466 e. The first-order chi connectivity index (χ1) is 46.7. The van der Waals surface area contributed by atoms with Gasteiger partial charge >= 0.3 is 29.8 Å². The van der Waals surface area contributed by atoms with Gasteiger partial charge in [0.15, 0.2) is 0 Å². The van der Waals surface area contributed by atoms with Crippen LogP contribution in [0.1, 0.15) is 407 Å². The fourth-order valence-corrected chi connectivity index (χ4v) is 12.6. The number of ether oxygens (including phenoxy) is 5. The molecule has 0 spiro atoms. The van der Waals surface area contributed by atoms with Crippen LogP contribution in [0, 0.1) is 0 Å². The summed E-state index contributed by atoms with van der Waals surface area (Å²) in [6, 6.07) is 0. The molecule has 0 aliphatic rings. The molecular weight excluding hydrogens is 1190 g/mol. The maximum Gasteiger partial charge on any atom is 0.307 e. The third-order valence-electron chi connectivity index (χ3n) is 19.2. The van der Waals surface area contributed by atoms with E-state index in [1.807, 2.05) is 0 Å². The number of hydrogen-bond donors (Lipinski definition) is 0. The van der Waals surface area contributed by atoms with E-state index < -0.39 is 0 Å². The van der Waals surface area contributed by atoms with Gasteiger partial charge in [0.25, 0.3) is 0 Å². The van der Waals surface area contributed by atoms with Crippen molar-refractivity contribution in [2.45, 2.75) is 407 Å². The van der Waals surface area contributed by atoms with Crippen LogP contribution in [0.3, 0.4) is 0 Å². The number of rotatable bonds is 79. The highest BCUT2D eigenvalue weighted by Gasteiger charge is 2.18. The van der Waals surface area contributed by atoms with Crippen LogP contribution in [0.25, 0.3) is 0 Å². The second-order valence-electron chi connectivity index (χ2n) is 28.3. The van der Waals surface area contributed by atoms with Gasteiger partial charge in [-0.2, -0.15) is 0 Å². The lowest BCUT2D eigenvalue weighted by molar-refractivity contribution is -0.145. The van der Waals surface area contributed by atoms with Gasteiger partial charge in [-0.15, -0.1) is 0 Å². The van der Waals surface area contributed by atoms with E-state index in [0.717, 1.165) is 90.0 Å². The van der Waals surface area contributed by atoms with Gasteiger partial charge in [-0.3, -0.25) is 24.0 Å². The summed E-state index contributed by atoms with van der Waals surface area (Å²) in [5.74, 6) is -0.900. The Hall–Kier alpha value is -2.77. The Morgan fingerprint density at radius 2 is 0.326 bits per heavy atom. The molecule has 0 aromatic rings. The number of carbonyl (C=O) groups excluding carboxylic acids is 5. The normalized spacial score (nSPS) is 11.6. The van der Waals surface area contributed by atoms with E-state index >= 15 is 0 Å². The number of unbranched alkanes of at least 4 members (excludes halogenated alkanes) is 47. The highest BCUT2D eigenvalue weighted by molar-refractivity contribution is 5.71. The minimum absolute atomic E-state index is 0.114. The second kappa shape index (κ2) is 77.0. The minimum atomic E-state index is -0.213. The van der Waals surface area contributed by atoms with Crippen LogP contribution in [-0.4, -0.2) is 136 Å². The Bertz CT molecular complexity index is 1590. The fourth-order valence-electron chi connectivity index (χ4n) is 12.6. The van der Waals surface area contributed by atoms with Gasteiger partial charge < -0.3 is 38.4 Å². The Labute approximate surface area is 588 Å². The van der Waals surface area contributed by atoms with E-state index in [4.69, 9.17) is 23.7 Å². The molecule has 0 aliphatic heterocycles. The number of nitrogens with zero attached hydrogens (tertiary/aromatic N) is 3. The maximum absolute atomic E-state index is 13.4. The number of esters is 5. The van der Waals surface area contributed by atoms with Gasteiger partial charge in [0, 0.05) is 58.8 Å². The first-order valence-corrected chi connectivity index (χ1v) is 41.6. The zero-order valence-electron chi connectivity index (χ0n) is 63.8. The molecule has 0 atom stereocenters. The van der Waals surface area contributed by atoms with Crippen molar-refractivity contribution in [2.24, 2.45) is 0 Å². The van der Waals surface area contributed by atoms with E-state index in [9.17, 15) is 24.0 Å². The van der Waals surface area contributed by atoms with E-state index in [-0.39, 0.29) is 49.1 Å². The topological polar surface area (TPSA) is 141 Å². The van der Waals surface area contributed by atoms with Crippen molar-refractivity contribution in [1.82, 2.24) is 14.7 Å². The van der Waals surface area contributed by atoms with Crippen LogP contribution in [0.4, 0.5) is 0 Å². The van der Waals surface area contributed by atoms with Gasteiger partial charge in [-0.05, 0) is 51.5 Å². The van der Waals surface area contributed by atoms with E-state index in [1.54, 1.807) is 0 Å². The molecule has 0 radical (unpaired) electrons. The Balaban J connectivity index is 6.02. The smallest absolute Gasteiger partial charge is 0.307 e. The molecule has 562 valence electrons. The average Bonchev–Trinajstić information content (AvgIpc) is 2.36. The molecule has 13 heteroatoms. The van der Waals surface area contributed by atoms with Crippen molar-refractivity contribution in [3.8, 4) is 0 Å².